The van der Waals surface area contributed by atoms with E-state index in [0.29, 0.717) is 12.3 Å². The molecule has 124 valence electrons. The highest BCUT2D eigenvalue weighted by Crippen LogP contribution is 2.33. The molecule has 5 nitrogen and oxygen atoms in total. The van der Waals surface area contributed by atoms with Gasteiger partial charge in [0.25, 0.3) is 0 Å². The van der Waals surface area contributed by atoms with Crippen LogP contribution >= 0.6 is 0 Å². The lowest BCUT2D eigenvalue weighted by Crippen LogP contribution is -2.30. The summed E-state index contributed by atoms with van der Waals surface area (Å²) in [5, 5.41) is 4.08. The third-order valence-corrected chi connectivity index (χ3v) is 6.24. The molecule has 0 saturated carbocycles. The number of fused-ring (bicyclic) bond motifs is 1. The van der Waals surface area contributed by atoms with Crippen LogP contribution in [-0.4, -0.2) is 37.6 Å². The number of oxime groups is 1. The van der Waals surface area contributed by atoms with Gasteiger partial charge in [0.1, 0.15) is 5.82 Å². The molecule has 0 radical (unpaired) electrons. The second-order valence-corrected chi connectivity index (χ2v) is 7.81. The zero-order valence-corrected chi connectivity index (χ0v) is 13.5. The minimum atomic E-state index is -3.55. The van der Waals surface area contributed by atoms with Crippen LogP contribution in [0.4, 0.5) is 4.39 Å². The van der Waals surface area contributed by atoms with Gasteiger partial charge in [0.15, 0.2) is 6.10 Å². The highest BCUT2D eigenvalue weighted by molar-refractivity contribution is 7.89. The molecule has 2 aromatic carbocycles. The van der Waals surface area contributed by atoms with E-state index in [1.807, 2.05) is 0 Å². The van der Waals surface area contributed by atoms with Crippen LogP contribution in [0.1, 0.15) is 5.56 Å². The maximum atomic E-state index is 13.1. The molecule has 0 amide bonds. The fourth-order valence-electron chi connectivity index (χ4n) is 3.13. The van der Waals surface area contributed by atoms with Gasteiger partial charge in [-0.05, 0) is 29.8 Å². The first-order valence-corrected chi connectivity index (χ1v) is 9.04. The molecule has 1 fully saturated rings. The number of sulfonamides is 1. The van der Waals surface area contributed by atoms with E-state index in [2.05, 4.69) is 5.16 Å². The molecule has 0 bridgehead atoms. The Kier molecular flexibility index (Phi) is 3.62. The van der Waals surface area contributed by atoms with Gasteiger partial charge in [-0.25, -0.2) is 12.8 Å². The molecular formula is C17H15FN2O3S. The molecule has 0 aromatic heterocycles. The maximum Gasteiger partial charge on any atom is 0.243 e. The first kappa shape index (κ1) is 15.3. The summed E-state index contributed by atoms with van der Waals surface area (Å²) in [7, 11) is -3.55. The van der Waals surface area contributed by atoms with Crippen LogP contribution in [0.5, 0.6) is 0 Å². The van der Waals surface area contributed by atoms with Crippen molar-refractivity contribution in [3.8, 4) is 0 Å². The van der Waals surface area contributed by atoms with Crippen LogP contribution in [-0.2, 0) is 14.9 Å². The van der Waals surface area contributed by atoms with Gasteiger partial charge < -0.3 is 4.84 Å². The maximum absolute atomic E-state index is 13.1. The summed E-state index contributed by atoms with van der Waals surface area (Å²) in [5.41, 5.74) is 1.42. The number of rotatable bonds is 3. The van der Waals surface area contributed by atoms with E-state index >= 15 is 0 Å². The fourth-order valence-corrected chi connectivity index (χ4v) is 4.63. The summed E-state index contributed by atoms with van der Waals surface area (Å²) in [6.07, 6.45) is -0.302. The van der Waals surface area contributed by atoms with Crippen molar-refractivity contribution in [1.29, 1.82) is 0 Å². The first-order valence-electron chi connectivity index (χ1n) is 7.60. The third-order valence-electron chi connectivity index (χ3n) is 4.39. The molecule has 2 aromatic rings. The van der Waals surface area contributed by atoms with E-state index in [1.165, 1.54) is 16.4 Å². The van der Waals surface area contributed by atoms with Crippen LogP contribution in [0.15, 0.2) is 64.6 Å². The van der Waals surface area contributed by atoms with E-state index < -0.39 is 10.0 Å². The van der Waals surface area contributed by atoms with Crippen LogP contribution in [0.25, 0.3) is 0 Å². The molecule has 2 atom stereocenters. The van der Waals surface area contributed by atoms with E-state index in [-0.39, 0.29) is 29.3 Å². The quantitative estimate of drug-likeness (QED) is 0.856. The number of hydrogen-bond donors (Lipinski definition) is 0. The Hall–Kier alpha value is -2.25. The lowest BCUT2D eigenvalue weighted by Gasteiger charge is -2.16. The van der Waals surface area contributed by atoms with Crippen molar-refractivity contribution in [2.75, 3.05) is 13.1 Å². The molecule has 0 spiro atoms. The molecule has 0 N–H and O–H groups in total. The first-order chi connectivity index (χ1) is 11.6. The van der Waals surface area contributed by atoms with Crippen molar-refractivity contribution >= 4 is 15.7 Å². The number of benzene rings is 2. The predicted molar refractivity (Wildman–Crippen MR) is 86.5 cm³/mol. The molecule has 2 aliphatic rings. The molecule has 2 unspecified atom stereocenters. The van der Waals surface area contributed by atoms with Gasteiger partial charge in [-0.15, -0.1) is 0 Å². The Morgan fingerprint density at radius 3 is 2.46 bits per heavy atom. The van der Waals surface area contributed by atoms with Gasteiger partial charge in [0, 0.05) is 6.54 Å². The summed E-state index contributed by atoms with van der Waals surface area (Å²) < 4.78 is 40.0. The van der Waals surface area contributed by atoms with E-state index in [9.17, 15) is 12.8 Å². The van der Waals surface area contributed by atoms with Gasteiger partial charge in [0.05, 0.1) is 23.1 Å². The molecular weight excluding hydrogens is 331 g/mol. The Morgan fingerprint density at radius 1 is 1.04 bits per heavy atom. The fraction of sp³-hybridized carbons (Fsp3) is 0.235. The van der Waals surface area contributed by atoms with Gasteiger partial charge in [-0.1, -0.05) is 35.5 Å². The van der Waals surface area contributed by atoms with Crippen LogP contribution in [0.3, 0.4) is 0 Å². The highest BCUT2D eigenvalue weighted by atomic mass is 32.2. The SMILES string of the molecule is O=S(=O)(c1ccccc1)N1CC2ON=C(c3ccc(F)cc3)C2C1. The number of hydrogen-bond acceptors (Lipinski definition) is 4. The smallest absolute Gasteiger partial charge is 0.243 e. The topological polar surface area (TPSA) is 59.0 Å². The lowest BCUT2D eigenvalue weighted by molar-refractivity contribution is 0.0803. The normalized spacial score (nSPS) is 23.6. The zero-order valence-electron chi connectivity index (χ0n) is 12.7. The van der Waals surface area contributed by atoms with Crippen molar-refractivity contribution in [1.82, 2.24) is 4.31 Å². The second kappa shape index (κ2) is 5.68. The third kappa shape index (κ3) is 2.50. The van der Waals surface area contributed by atoms with Crippen molar-refractivity contribution < 1.29 is 17.6 Å². The molecule has 0 aliphatic carbocycles. The average Bonchev–Trinajstić information content (AvgIpc) is 3.17. The van der Waals surface area contributed by atoms with Crippen molar-refractivity contribution in [3.05, 3.63) is 66.0 Å². The Morgan fingerprint density at radius 2 is 1.75 bits per heavy atom. The van der Waals surface area contributed by atoms with Crippen LogP contribution in [0, 0.1) is 11.7 Å². The molecule has 7 heteroatoms. The number of halogens is 1. The molecule has 1 saturated heterocycles. The van der Waals surface area contributed by atoms with Gasteiger partial charge in [0.2, 0.25) is 10.0 Å². The summed E-state index contributed by atoms with van der Waals surface area (Å²) in [4.78, 5) is 5.69. The minimum absolute atomic E-state index is 0.144. The molecule has 4 rings (SSSR count). The van der Waals surface area contributed by atoms with E-state index in [1.54, 1.807) is 42.5 Å². The molecule has 2 aliphatic heterocycles. The van der Waals surface area contributed by atoms with Gasteiger partial charge in [-0.2, -0.15) is 4.31 Å². The number of nitrogens with zero attached hydrogens (tertiary/aromatic N) is 2. The highest BCUT2D eigenvalue weighted by Gasteiger charge is 2.46. The summed E-state index contributed by atoms with van der Waals surface area (Å²) >= 11 is 0. The Balaban J connectivity index is 1.59. The van der Waals surface area contributed by atoms with Gasteiger partial charge in [-0.3, -0.25) is 0 Å². The van der Waals surface area contributed by atoms with Crippen molar-refractivity contribution in [2.45, 2.75) is 11.0 Å². The second-order valence-electron chi connectivity index (χ2n) is 5.87. The van der Waals surface area contributed by atoms with Crippen molar-refractivity contribution in [2.24, 2.45) is 11.1 Å². The monoisotopic (exact) mass is 346 g/mol. The van der Waals surface area contributed by atoms with E-state index in [0.717, 1.165) is 5.56 Å². The van der Waals surface area contributed by atoms with Crippen LogP contribution in [0.2, 0.25) is 0 Å². The molecule has 2 heterocycles. The average molecular weight is 346 g/mol. The summed E-state index contributed by atoms with van der Waals surface area (Å²) in [6.45, 7) is 0.564. The van der Waals surface area contributed by atoms with Crippen molar-refractivity contribution in [3.63, 3.8) is 0 Å². The van der Waals surface area contributed by atoms with Crippen LogP contribution < -0.4 is 0 Å². The lowest BCUT2D eigenvalue weighted by atomic mass is 9.95. The summed E-state index contributed by atoms with van der Waals surface area (Å²) in [6, 6.07) is 14.3. The summed E-state index contributed by atoms with van der Waals surface area (Å²) in [5.74, 6) is -0.469. The van der Waals surface area contributed by atoms with E-state index in [4.69, 9.17) is 4.84 Å². The zero-order chi connectivity index (χ0) is 16.7. The molecule has 24 heavy (non-hydrogen) atoms. The standard InChI is InChI=1S/C17H15FN2O3S/c18-13-8-6-12(7-9-13)17-15-10-20(11-16(15)23-19-17)24(21,22)14-4-2-1-3-5-14/h1-9,15-16H,10-11H2. The minimum Gasteiger partial charge on any atom is -0.390 e. The Labute approximate surface area is 139 Å². The predicted octanol–water partition coefficient (Wildman–Crippen LogP) is 2.25. The largest absolute Gasteiger partial charge is 0.390 e. The Bertz CT molecular complexity index is 882. The van der Waals surface area contributed by atoms with Gasteiger partial charge >= 0.3 is 0 Å².